The Bertz CT molecular complexity index is 425. The first-order chi connectivity index (χ1) is 7.43. The SMILES string of the molecule is CCCC(Br)Cc1ccc(S(=O)(=O)O)cc1. The van der Waals surface area contributed by atoms with Crippen LogP contribution in [0.4, 0.5) is 0 Å². The summed E-state index contributed by atoms with van der Waals surface area (Å²) in [5.74, 6) is 0. The molecule has 0 aliphatic heterocycles. The van der Waals surface area contributed by atoms with Crippen molar-refractivity contribution in [1.82, 2.24) is 0 Å². The van der Waals surface area contributed by atoms with Gasteiger partial charge in [-0.2, -0.15) is 8.42 Å². The van der Waals surface area contributed by atoms with E-state index in [9.17, 15) is 8.42 Å². The van der Waals surface area contributed by atoms with Gasteiger partial charge in [0, 0.05) is 4.83 Å². The van der Waals surface area contributed by atoms with Crippen molar-refractivity contribution in [3.8, 4) is 0 Å². The Morgan fingerprint density at radius 1 is 1.31 bits per heavy atom. The molecule has 0 saturated heterocycles. The molecule has 3 nitrogen and oxygen atoms in total. The van der Waals surface area contributed by atoms with Crippen molar-refractivity contribution in [3.05, 3.63) is 29.8 Å². The summed E-state index contributed by atoms with van der Waals surface area (Å²) in [6, 6.07) is 6.31. The maximum absolute atomic E-state index is 10.8. The summed E-state index contributed by atoms with van der Waals surface area (Å²) >= 11 is 3.57. The molecular formula is C11H15BrO3S. The summed E-state index contributed by atoms with van der Waals surface area (Å²) in [6.45, 7) is 2.12. The Morgan fingerprint density at radius 3 is 2.31 bits per heavy atom. The van der Waals surface area contributed by atoms with Crippen LogP contribution < -0.4 is 0 Å². The summed E-state index contributed by atoms with van der Waals surface area (Å²) in [6.07, 6.45) is 3.05. The van der Waals surface area contributed by atoms with Crippen molar-refractivity contribution >= 4 is 26.0 Å². The van der Waals surface area contributed by atoms with Gasteiger partial charge in [-0.1, -0.05) is 41.4 Å². The van der Waals surface area contributed by atoms with Crippen LogP contribution >= 0.6 is 15.9 Å². The zero-order valence-electron chi connectivity index (χ0n) is 9.06. The van der Waals surface area contributed by atoms with Crippen molar-refractivity contribution in [2.75, 3.05) is 0 Å². The predicted octanol–water partition coefficient (Wildman–Crippen LogP) is 3.04. The molecule has 0 aliphatic rings. The zero-order chi connectivity index (χ0) is 12.2. The smallest absolute Gasteiger partial charge is 0.282 e. The Balaban J connectivity index is 2.72. The lowest BCUT2D eigenvalue weighted by molar-refractivity contribution is 0.483. The predicted molar refractivity (Wildman–Crippen MR) is 67.6 cm³/mol. The molecule has 1 unspecified atom stereocenters. The fraction of sp³-hybridized carbons (Fsp3) is 0.455. The van der Waals surface area contributed by atoms with Crippen LogP contribution in [0.2, 0.25) is 0 Å². The largest absolute Gasteiger partial charge is 0.294 e. The molecule has 1 rings (SSSR count). The molecule has 0 aromatic heterocycles. The Hall–Kier alpha value is -0.390. The lowest BCUT2D eigenvalue weighted by Crippen LogP contribution is -2.03. The van der Waals surface area contributed by atoms with Crippen LogP contribution in [-0.4, -0.2) is 17.8 Å². The fourth-order valence-corrected chi connectivity index (χ4v) is 2.78. The van der Waals surface area contributed by atoms with E-state index in [2.05, 4.69) is 22.9 Å². The highest BCUT2D eigenvalue weighted by molar-refractivity contribution is 9.09. The first kappa shape index (κ1) is 13.7. The maximum atomic E-state index is 10.8. The number of hydrogen-bond donors (Lipinski definition) is 1. The molecule has 1 N–H and O–H groups in total. The summed E-state index contributed by atoms with van der Waals surface area (Å²) in [7, 11) is -4.07. The van der Waals surface area contributed by atoms with Crippen LogP contribution in [0.15, 0.2) is 29.2 Å². The van der Waals surface area contributed by atoms with Gasteiger partial charge in [-0.15, -0.1) is 0 Å². The van der Waals surface area contributed by atoms with Crippen LogP contribution in [0.3, 0.4) is 0 Å². The monoisotopic (exact) mass is 306 g/mol. The quantitative estimate of drug-likeness (QED) is 0.672. The molecule has 0 radical (unpaired) electrons. The summed E-state index contributed by atoms with van der Waals surface area (Å²) in [4.78, 5) is 0.354. The van der Waals surface area contributed by atoms with Crippen LogP contribution in [-0.2, 0) is 16.5 Å². The van der Waals surface area contributed by atoms with Crippen molar-refractivity contribution in [3.63, 3.8) is 0 Å². The maximum Gasteiger partial charge on any atom is 0.294 e. The van der Waals surface area contributed by atoms with Gasteiger partial charge in [0.15, 0.2) is 0 Å². The molecule has 0 aliphatic carbocycles. The third-order valence-electron chi connectivity index (χ3n) is 2.28. The molecule has 0 heterocycles. The van der Waals surface area contributed by atoms with E-state index in [1.54, 1.807) is 12.1 Å². The molecule has 1 aromatic carbocycles. The molecule has 0 bridgehead atoms. The van der Waals surface area contributed by atoms with E-state index in [1.165, 1.54) is 12.1 Å². The van der Waals surface area contributed by atoms with Crippen molar-refractivity contribution in [1.29, 1.82) is 0 Å². The zero-order valence-corrected chi connectivity index (χ0v) is 11.5. The molecule has 0 amide bonds. The lowest BCUT2D eigenvalue weighted by atomic mass is 10.1. The Morgan fingerprint density at radius 2 is 1.88 bits per heavy atom. The molecule has 0 spiro atoms. The highest BCUT2D eigenvalue weighted by Gasteiger charge is 2.09. The topological polar surface area (TPSA) is 54.4 Å². The van der Waals surface area contributed by atoms with Gasteiger partial charge < -0.3 is 0 Å². The second kappa shape index (κ2) is 5.80. The van der Waals surface area contributed by atoms with Gasteiger partial charge in [0.2, 0.25) is 0 Å². The molecule has 16 heavy (non-hydrogen) atoms. The van der Waals surface area contributed by atoms with E-state index < -0.39 is 10.1 Å². The van der Waals surface area contributed by atoms with Gasteiger partial charge in [-0.3, -0.25) is 4.55 Å². The summed E-state index contributed by atoms with van der Waals surface area (Å²) in [5, 5.41) is 0. The second-order valence-corrected chi connectivity index (χ2v) is 6.43. The molecule has 1 atom stereocenters. The minimum atomic E-state index is -4.07. The summed E-state index contributed by atoms with van der Waals surface area (Å²) < 4.78 is 30.4. The van der Waals surface area contributed by atoms with E-state index >= 15 is 0 Å². The molecule has 0 fully saturated rings. The van der Waals surface area contributed by atoms with Gasteiger partial charge in [0.05, 0.1) is 4.90 Å². The third kappa shape index (κ3) is 4.23. The minimum Gasteiger partial charge on any atom is -0.282 e. The molecule has 0 saturated carbocycles. The van der Waals surface area contributed by atoms with Gasteiger partial charge in [0.25, 0.3) is 10.1 Å². The minimum absolute atomic E-state index is 0.0575. The third-order valence-corrected chi connectivity index (χ3v) is 3.93. The molecule has 5 heteroatoms. The lowest BCUT2D eigenvalue weighted by Gasteiger charge is -2.08. The Labute approximate surface area is 105 Å². The molecule has 90 valence electrons. The number of benzene rings is 1. The summed E-state index contributed by atoms with van der Waals surface area (Å²) in [5.41, 5.74) is 1.06. The standard InChI is InChI=1S/C11H15BrO3S/c1-2-3-10(12)8-9-4-6-11(7-5-9)16(13,14)15/h4-7,10H,2-3,8H2,1H3,(H,13,14,15). The number of halogens is 1. The van der Waals surface area contributed by atoms with Crippen LogP contribution in [0.5, 0.6) is 0 Å². The highest BCUT2D eigenvalue weighted by atomic mass is 79.9. The van der Waals surface area contributed by atoms with E-state index in [1.807, 2.05) is 0 Å². The van der Waals surface area contributed by atoms with Crippen molar-refractivity contribution in [2.24, 2.45) is 0 Å². The Kier molecular flexibility index (Phi) is 4.95. The van der Waals surface area contributed by atoms with E-state index in [-0.39, 0.29) is 4.90 Å². The second-order valence-electron chi connectivity index (χ2n) is 3.71. The van der Waals surface area contributed by atoms with Crippen LogP contribution in [0, 0.1) is 0 Å². The first-order valence-electron chi connectivity index (χ1n) is 5.14. The van der Waals surface area contributed by atoms with Crippen molar-refractivity contribution in [2.45, 2.75) is 35.9 Å². The van der Waals surface area contributed by atoms with Crippen LogP contribution in [0.25, 0.3) is 0 Å². The van der Waals surface area contributed by atoms with Crippen molar-refractivity contribution < 1.29 is 13.0 Å². The van der Waals surface area contributed by atoms with Gasteiger partial charge >= 0.3 is 0 Å². The fourth-order valence-electron chi connectivity index (χ4n) is 1.47. The molecule has 1 aromatic rings. The highest BCUT2D eigenvalue weighted by Crippen LogP contribution is 2.17. The van der Waals surface area contributed by atoms with E-state index in [0.717, 1.165) is 24.8 Å². The van der Waals surface area contributed by atoms with Crippen LogP contribution in [0.1, 0.15) is 25.3 Å². The van der Waals surface area contributed by atoms with Gasteiger partial charge in [-0.25, -0.2) is 0 Å². The normalized spacial score (nSPS) is 13.7. The van der Waals surface area contributed by atoms with E-state index in [0.29, 0.717) is 4.83 Å². The average molecular weight is 307 g/mol. The average Bonchev–Trinajstić information content (AvgIpc) is 2.17. The van der Waals surface area contributed by atoms with Gasteiger partial charge in [0.1, 0.15) is 0 Å². The number of alkyl halides is 1. The number of hydrogen-bond acceptors (Lipinski definition) is 2. The number of rotatable bonds is 5. The molecular weight excluding hydrogens is 292 g/mol. The van der Waals surface area contributed by atoms with E-state index in [4.69, 9.17) is 4.55 Å². The van der Waals surface area contributed by atoms with Gasteiger partial charge in [-0.05, 0) is 30.5 Å². The first-order valence-corrected chi connectivity index (χ1v) is 7.49.